The highest BCUT2D eigenvalue weighted by atomic mass is 35.5. The number of allylic oxidation sites excluding steroid dienone is 2. The molecule has 0 radical (unpaired) electrons. The van der Waals surface area contributed by atoms with Gasteiger partial charge in [0.1, 0.15) is 11.6 Å². The number of halogens is 2. The Kier molecular flexibility index (Phi) is 6.11. The number of Topliss-reactive ketones (excluding diaryl/α,β-unsaturated/α-hetero) is 1. The Morgan fingerprint density at radius 2 is 1.66 bits per heavy atom. The van der Waals surface area contributed by atoms with Crippen LogP contribution in [0.15, 0.2) is 41.6 Å². The van der Waals surface area contributed by atoms with Crippen LogP contribution >= 0.6 is 11.6 Å². The molecule has 0 N–H and O–H groups in total. The van der Waals surface area contributed by atoms with Crippen molar-refractivity contribution in [2.45, 2.75) is 31.6 Å². The monoisotopic (exact) mass is 459 g/mol. The number of rotatable bonds is 5. The first kappa shape index (κ1) is 22.1. The molecule has 0 saturated heterocycles. The van der Waals surface area contributed by atoms with Crippen LogP contribution in [-0.2, 0) is 9.59 Å². The van der Waals surface area contributed by atoms with Crippen LogP contribution in [0, 0.1) is 5.82 Å². The topological polar surface area (TPSA) is 65.1 Å². The second-order valence-corrected chi connectivity index (χ2v) is 8.08. The molecule has 1 aliphatic heterocycles. The van der Waals surface area contributed by atoms with Crippen molar-refractivity contribution < 1.29 is 28.2 Å². The fourth-order valence-electron chi connectivity index (χ4n) is 4.51. The van der Waals surface area contributed by atoms with E-state index in [1.54, 1.807) is 12.1 Å². The molecule has 0 bridgehead atoms. The van der Waals surface area contributed by atoms with E-state index in [1.807, 2.05) is 0 Å². The Balaban J connectivity index is 1.90. The summed E-state index contributed by atoms with van der Waals surface area (Å²) < 4.78 is 30.1. The van der Waals surface area contributed by atoms with Gasteiger partial charge in [-0.05, 0) is 37.1 Å². The Labute approximate surface area is 190 Å². The molecule has 4 rings (SSSR count). The van der Waals surface area contributed by atoms with Crippen molar-refractivity contribution >= 4 is 29.0 Å². The van der Waals surface area contributed by atoms with E-state index in [1.165, 1.54) is 44.4 Å². The van der Waals surface area contributed by atoms with Gasteiger partial charge in [0.25, 0.3) is 0 Å². The van der Waals surface area contributed by atoms with E-state index in [4.69, 9.17) is 25.8 Å². The molecule has 1 heterocycles. The fraction of sp³-hybridized carbons (Fsp3) is 0.333. The lowest BCUT2D eigenvalue weighted by atomic mass is 9.76. The van der Waals surface area contributed by atoms with E-state index < -0.39 is 11.7 Å². The summed E-state index contributed by atoms with van der Waals surface area (Å²) in [5, 5.41) is -0.0803. The second kappa shape index (κ2) is 8.82. The van der Waals surface area contributed by atoms with Crippen LogP contribution in [0.5, 0.6) is 17.2 Å². The summed E-state index contributed by atoms with van der Waals surface area (Å²) in [6.45, 7) is 0. The minimum atomic E-state index is -0.568. The molecule has 1 atom stereocenters. The molecule has 0 aromatic heterocycles. The Hall–Kier alpha value is -3.06. The number of nitrogens with zero attached hydrogens (tertiary/aromatic N) is 1. The molecule has 32 heavy (non-hydrogen) atoms. The van der Waals surface area contributed by atoms with Crippen molar-refractivity contribution in [1.82, 2.24) is 0 Å². The summed E-state index contributed by atoms with van der Waals surface area (Å²) in [6, 6.07) is 7.58. The Bertz CT molecular complexity index is 1130. The van der Waals surface area contributed by atoms with Gasteiger partial charge in [0.15, 0.2) is 17.3 Å². The van der Waals surface area contributed by atoms with Gasteiger partial charge in [-0.1, -0.05) is 11.6 Å². The number of ketones is 1. The predicted molar refractivity (Wildman–Crippen MR) is 118 cm³/mol. The average molecular weight is 460 g/mol. The molecule has 6 nitrogen and oxygen atoms in total. The summed E-state index contributed by atoms with van der Waals surface area (Å²) in [5.74, 6) is 0.190. The van der Waals surface area contributed by atoms with Gasteiger partial charge in [-0.15, -0.1) is 0 Å². The van der Waals surface area contributed by atoms with Gasteiger partial charge in [-0.2, -0.15) is 0 Å². The van der Waals surface area contributed by atoms with Crippen LogP contribution in [0.2, 0.25) is 5.02 Å². The van der Waals surface area contributed by atoms with Crippen molar-refractivity contribution in [3.8, 4) is 17.2 Å². The molecule has 8 heteroatoms. The average Bonchev–Trinajstić information content (AvgIpc) is 2.79. The molecule has 0 spiro atoms. The highest BCUT2D eigenvalue weighted by molar-refractivity contribution is 6.31. The highest BCUT2D eigenvalue weighted by Gasteiger charge is 2.41. The number of hydrogen-bond acceptors (Lipinski definition) is 5. The zero-order valence-corrected chi connectivity index (χ0v) is 18.8. The quantitative estimate of drug-likeness (QED) is 0.627. The van der Waals surface area contributed by atoms with E-state index in [2.05, 4.69) is 0 Å². The van der Waals surface area contributed by atoms with E-state index in [-0.39, 0.29) is 23.1 Å². The van der Waals surface area contributed by atoms with Gasteiger partial charge in [0, 0.05) is 41.7 Å². The van der Waals surface area contributed by atoms with Gasteiger partial charge in [0.05, 0.1) is 32.0 Å². The molecule has 2 aromatic rings. The molecule has 1 amide bonds. The first-order valence-electron chi connectivity index (χ1n) is 10.2. The molecular formula is C24H23ClFNO5. The van der Waals surface area contributed by atoms with Crippen LogP contribution in [0.3, 0.4) is 0 Å². The number of benzene rings is 2. The zero-order valence-electron chi connectivity index (χ0n) is 18.0. The summed E-state index contributed by atoms with van der Waals surface area (Å²) in [7, 11) is 4.58. The maximum Gasteiger partial charge on any atom is 0.232 e. The van der Waals surface area contributed by atoms with Gasteiger partial charge < -0.3 is 14.2 Å². The van der Waals surface area contributed by atoms with Crippen LogP contribution in [0.4, 0.5) is 10.1 Å². The number of methoxy groups -OCH3 is 3. The molecule has 2 aromatic carbocycles. The summed E-state index contributed by atoms with van der Waals surface area (Å²) in [5.41, 5.74) is 2.32. The third-order valence-corrected chi connectivity index (χ3v) is 6.24. The summed E-state index contributed by atoms with van der Waals surface area (Å²) in [4.78, 5) is 28.0. The largest absolute Gasteiger partial charge is 0.496 e. The molecule has 0 unspecified atom stereocenters. The van der Waals surface area contributed by atoms with E-state index >= 15 is 0 Å². The van der Waals surface area contributed by atoms with Crippen molar-refractivity contribution in [3.05, 3.63) is 58.0 Å². The van der Waals surface area contributed by atoms with E-state index in [0.29, 0.717) is 59.0 Å². The van der Waals surface area contributed by atoms with Crippen LogP contribution in [0.25, 0.3) is 0 Å². The number of hydrogen-bond donors (Lipinski definition) is 0. The Morgan fingerprint density at radius 3 is 2.31 bits per heavy atom. The van der Waals surface area contributed by atoms with Gasteiger partial charge >= 0.3 is 0 Å². The standard InChI is InChI=1S/C24H23ClFNO5/c1-30-20-12-22(32-3)21(31-2)10-14(20)15-11-23(29)27(13-7-8-17(26)16(25)9-13)18-5-4-6-19(28)24(15)18/h7-10,12,15H,4-6,11H2,1-3H3/t15-/m0/s1. The fourth-order valence-corrected chi connectivity index (χ4v) is 4.68. The van der Waals surface area contributed by atoms with Crippen LogP contribution in [-0.4, -0.2) is 33.0 Å². The van der Waals surface area contributed by atoms with E-state index in [9.17, 15) is 14.0 Å². The maximum absolute atomic E-state index is 13.7. The first-order chi connectivity index (χ1) is 15.4. The SMILES string of the molecule is COc1cc(OC)c([C@@H]2CC(=O)N(c3ccc(F)c(Cl)c3)C3=C2C(=O)CCC3)cc1OC. The van der Waals surface area contributed by atoms with E-state index in [0.717, 1.165) is 0 Å². The van der Waals surface area contributed by atoms with Crippen LogP contribution in [0.1, 0.15) is 37.2 Å². The number of carbonyl (C=O) groups excluding carboxylic acids is 2. The summed E-state index contributed by atoms with van der Waals surface area (Å²) in [6.07, 6.45) is 1.63. The van der Waals surface area contributed by atoms with Crippen molar-refractivity contribution in [2.75, 3.05) is 26.2 Å². The maximum atomic E-state index is 13.7. The highest BCUT2D eigenvalue weighted by Crippen LogP contribution is 2.48. The smallest absolute Gasteiger partial charge is 0.232 e. The molecule has 2 aliphatic rings. The summed E-state index contributed by atoms with van der Waals surface area (Å²) >= 11 is 5.97. The lowest BCUT2D eigenvalue weighted by Gasteiger charge is -2.38. The van der Waals surface area contributed by atoms with Gasteiger partial charge in [-0.3, -0.25) is 14.5 Å². The predicted octanol–water partition coefficient (Wildman–Crippen LogP) is 5.03. The van der Waals surface area contributed by atoms with Crippen molar-refractivity contribution in [1.29, 1.82) is 0 Å². The Morgan fingerprint density at radius 1 is 0.969 bits per heavy atom. The number of anilines is 1. The van der Waals surface area contributed by atoms with Crippen molar-refractivity contribution in [3.63, 3.8) is 0 Å². The third kappa shape index (κ3) is 3.71. The second-order valence-electron chi connectivity index (χ2n) is 7.67. The zero-order chi connectivity index (χ0) is 23.0. The van der Waals surface area contributed by atoms with Crippen LogP contribution < -0.4 is 19.1 Å². The minimum absolute atomic E-state index is 0.0150. The normalized spacial score (nSPS) is 18.5. The molecular weight excluding hydrogens is 437 g/mol. The molecule has 0 fully saturated rings. The molecule has 0 saturated carbocycles. The van der Waals surface area contributed by atoms with Gasteiger partial charge in [-0.25, -0.2) is 4.39 Å². The van der Waals surface area contributed by atoms with Gasteiger partial charge in [0.2, 0.25) is 5.91 Å². The number of carbonyl (C=O) groups is 2. The lowest BCUT2D eigenvalue weighted by molar-refractivity contribution is -0.119. The lowest BCUT2D eigenvalue weighted by Crippen LogP contribution is -2.40. The third-order valence-electron chi connectivity index (χ3n) is 5.95. The first-order valence-corrected chi connectivity index (χ1v) is 10.6. The van der Waals surface area contributed by atoms with Crippen molar-refractivity contribution in [2.24, 2.45) is 0 Å². The minimum Gasteiger partial charge on any atom is -0.496 e. The molecule has 1 aliphatic carbocycles. The number of amides is 1. The molecule has 168 valence electrons. The number of ether oxygens (including phenoxy) is 3.